The molecule has 1 spiro atoms. The number of ether oxygens (including phenoxy) is 4. The summed E-state index contributed by atoms with van der Waals surface area (Å²) < 4.78 is 28.2. The van der Waals surface area contributed by atoms with Gasteiger partial charge in [-0.3, -0.25) is 0 Å². The first-order valence-corrected chi connectivity index (χ1v) is 10.3. The van der Waals surface area contributed by atoms with Crippen LogP contribution in [-0.4, -0.2) is 42.2 Å². The van der Waals surface area contributed by atoms with E-state index in [0.717, 1.165) is 25.7 Å². The van der Waals surface area contributed by atoms with E-state index in [1.165, 1.54) is 13.2 Å². The van der Waals surface area contributed by atoms with Gasteiger partial charge in [-0.25, -0.2) is 14.6 Å². The molecule has 4 aliphatic heterocycles. The molecule has 5 aliphatic rings. The summed E-state index contributed by atoms with van der Waals surface area (Å²) in [5, 5.41) is 3.81. The SMILES string of the molecule is COC(=O)c1cc(OC2O[C@@H]3O[C@@]4(C)CC[C@H]5[C@H](C)CC[C@@H]([C@H]2C)[C@@]35OO4)no1. The van der Waals surface area contributed by atoms with Crippen LogP contribution < -0.4 is 4.74 Å². The Morgan fingerprint density at radius 3 is 2.83 bits per heavy atom. The third kappa shape index (κ3) is 2.82. The van der Waals surface area contributed by atoms with E-state index in [4.69, 9.17) is 28.5 Å². The largest absolute Gasteiger partial charge is 0.463 e. The quantitative estimate of drug-likeness (QED) is 0.551. The van der Waals surface area contributed by atoms with Gasteiger partial charge in [0.1, 0.15) is 0 Å². The zero-order valence-electron chi connectivity index (χ0n) is 17.1. The van der Waals surface area contributed by atoms with Gasteiger partial charge in [0.05, 0.1) is 13.2 Å². The van der Waals surface area contributed by atoms with Gasteiger partial charge in [0.25, 0.3) is 5.88 Å². The number of carbonyl (C=O) groups is 1. The van der Waals surface area contributed by atoms with E-state index >= 15 is 0 Å². The van der Waals surface area contributed by atoms with E-state index in [1.54, 1.807) is 0 Å². The van der Waals surface area contributed by atoms with Crippen LogP contribution >= 0.6 is 0 Å². The summed E-state index contributed by atoms with van der Waals surface area (Å²) >= 11 is 0. The maximum atomic E-state index is 11.6. The Labute approximate surface area is 168 Å². The molecule has 1 saturated carbocycles. The number of hydrogen-bond acceptors (Lipinski definition) is 9. The Balaban J connectivity index is 1.44. The maximum Gasteiger partial charge on any atom is 0.377 e. The monoisotopic (exact) mass is 409 g/mol. The van der Waals surface area contributed by atoms with Crippen LogP contribution in [0.5, 0.6) is 5.88 Å². The first-order chi connectivity index (χ1) is 13.9. The Hall–Kier alpha value is -1.68. The van der Waals surface area contributed by atoms with Gasteiger partial charge in [-0.2, -0.15) is 0 Å². The standard InChI is InChI=1S/C20H27NO8/c1-10-5-6-13-11(2)17(24-15-9-14(27-21-15)16(22)23-4)25-18-20(13)12(10)7-8-19(3,26-18)28-29-20/h9-13,17-18H,5-8H2,1-4H3/t10-,11-,12+,13+,17?,18-,19-,20-/m1/s1. The van der Waals surface area contributed by atoms with Crippen molar-refractivity contribution >= 4 is 5.97 Å². The van der Waals surface area contributed by atoms with E-state index in [2.05, 4.69) is 23.7 Å². The highest BCUT2D eigenvalue weighted by molar-refractivity contribution is 5.86. The molecule has 160 valence electrons. The second-order valence-electron chi connectivity index (χ2n) is 8.91. The van der Waals surface area contributed by atoms with Gasteiger partial charge < -0.3 is 23.5 Å². The van der Waals surface area contributed by atoms with Crippen LogP contribution in [0.15, 0.2) is 10.6 Å². The number of aromatic nitrogens is 1. The molecule has 0 N–H and O–H groups in total. The highest BCUT2D eigenvalue weighted by Gasteiger charge is 2.69. The van der Waals surface area contributed by atoms with Crippen molar-refractivity contribution in [3.8, 4) is 5.88 Å². The van der Waals surface area contributed by atoms with Crippen LogP contribution in [0, 0.1) is 23.7 Å². The minimum atomic E-state index is -0.839. The molecule has 2 bridgehead atoms. The molecule has 9 heteroatoms. The molecule has 1 unspecified atom stereocenters. The highest BCUT2D eigenvalue weighted by atomic mass is 17.3. The lowest BCUT2D eigenvalue weighted by atomic mass is 9.58. The first kappa shape index (κ1) is 19.3. The lowest BCUT2D eigenvalue weighted by molar-refractivity contribution is -0.575. The Bertz CT molecular complexity index is 797. The molecule has 5 fully saturated rings. The van der Waals surface area contributed by atoms with Crippen molar-refractivity contribution in [2.24, 2.45) is 23.7 Å². The maximum absolute atomic E-state index is 11.6. The molecular weight excluding hydrogens is 382 g/mol. The van der Waals surface area contributed by atoms with Gasteiger partial charge in [-0.1, -0.05) is 13.8 Å². The van der Waals surface area contributed by atoms with Gasteiger partial charge >= 0.3 is 5.97 Å². The number of nitrogens with zero attached hydrogens (tertiary/aromatic N) is 1. The second-order valence-corrected chi connectivity index (χ2v) is 8.91. The number of esters is 1. The Morgan fingerprint density at radius 2 is 2.03 bits per heavy atom. The molecule has 1 aliphatic carbocycles. The van der Waals surface area contributed by atoms with E-state index in [0.29, 0.717) is 5.92 Å². The van der Waals surface area contributed by atoms with Crippen LogP contribution in [-0.2, 0) is 24.0 Å². The number of methoxy groups -OCH3 is 1. The fraction of sp³-hybridized carbons (Fsp3) is 0.800. The van der Waals surface area contributed by atoms with Crippen LogP contribution in [0.25, 0.3) is 0 Å². The topological polar surface area (TPSA) is 98.5 Å². The molecule has 1 aromatic heterocycles. The van der Waals surface area contributed by atoms with Gasteiger partial charge in [0.15, 0.2) is 11.9 Å². The smallest absolute Gasteiger partial charge is 0.377 e. The summed E-state index contributed by atoms with van der Waals surface area (Å²) in [5.74, 6) is -0.393. The van der Waals surface area contributed by atoms with Crippen molar-refractivity contribution in [2.45, 2.75) is 70.4 Å². The zero-order valence-corrected chi connectivity index (χ0v) is 17.1. The van der Waals surface area contributed by atoms with Gasteiger partial charge in [-0.05, 0) is 43.2 Å². The van der Waals surface area contributed by atoms with E-state index < -0.39 is 29.9 Å². The molecule has 0 amide bonds. The molecule has 9 nitrogen and oxygen atoms in total. The summed E-state index contributed by atoms with van der Waals surface area (Å²) in [6.45, 7) is 6.24. The summed E-state index contributed by atoms with van der Waals surface area (Å²) in [7, 11) is 1.28. The molecule has 4 saturated heterocycles. The van der Waals surface area contributed by atoms with Crippen LogP contribution in [0.2, 0.25) is 0 Å². The summed E-state index contributed by atoms with van der Waals surface area (Å²) in [6.07, 6.45) is 2.58. The summed E-state index contributed by atoms with van der Waals surface area (Å²) in [6, 6.07) is 1.40. The molecule has 6 rings (SSSR count). The normalized spacial score (nSPS) is 45.9. The lowest BCUT2D eigenvalue weighted by Crippen LogP contribution is -2.70. The summed E-state index contributed by atoms with van der Waals surface area (Å²) in [4.78, 5) is 23.5. The minimum absolute atomic E-state index is 0.00539. The molecule has 0 radical (unpaired) electrons. The van der Waals surface area contributed by atoms with Gasteiger partial charge in [0.2, 0.25) is 17.8 Å². The molecular formula is C20H27NO8. The third-order valence-corrected chi connectivity index (χ3v) is 7.21. The van der Waals surface area contributed by atoms with Gasteiger partial charge in [0, 0.05) is 18.3 Å². The molecule has 0 aromatic carbocycles. The van der Waals surface area contributed by atoms with Crippen LogP contribution in [0.1, 0.15) is 57.0 Å². The van der Waals surface area contributed by atoms with Crippen molar-refractivity contribution in [1.29, 1.82) is 0 Å². The van der Waals surface area contributed by atoms with Crippen molar-refractivity contribution in [2.75, 3.05) is 7.11 Å². The van der Waals surface area contributed by atoms with E-state index in [1.807, 2.05) is 6.92 Å². The number of hydrogen-bond donors (Lipinski definition) is 0. The fourth-order valence-electron chi connectivity index (χ4n) is 5.64. The zero-order chi connectivity index (χ0) is 20.4. The molecule has 1 aromatic rings. The predicted octanol–water partition coefficient (Wildman–Crippen LogP) is 3.05. The predicted molar refractivity (Wildman–Crippen MR) is 95.3 cm³/mol. The van der Waals surface area contributed by atoms with Crippen LogP contribution in [0.3, 0.4) is 0 Å². The Morgan fingerprint density at radius 1 is 1.21 bits per heavy atom. The van der Waals surface area contributed by atoms with Crippen molar-refractivity contribution in [3.63, 3.8) is 0 Å². The van der Waals surface area contributed by atoms with Crippen molar-refractivity contribution < 1.29 is 38.0 Å². The first-order valence-electron chi connectivity index (χ1n) is 10.3. The highest BCUT2D eigenvalue weighted by Crippen LogP contribution is 2.60. The molecule has 29 heavy (non-hydrogen) atoms. The van der Waals surface area contributed by atoms with E-state index in [-0.39, 0.29) is 29.4 Å². The molecule has 5 heterocycles. The van der Waals surface area contributed by atoms with Crippen LogP contribution in [0.4, 0.5) is 0 Å². The summed E-state index contributed by atoms with van der Waals surface area (Å²) in [5.41, 5.74) is -0.645. The average molecular weight is 409 g/mol. The second kappa shape index (κ2) is 6.66. The minimum Gasteiger partial charge on any atom is -0.463 e. The van der Waals surface area contributed by atoms with Crippen molar-refractivity contribution in [3.05, 3.63) is 11.8 Å². The van der Waals surface area contributed by atoms with Gasteiger partial charge in [-0.15, -0.1) is 0 Å². The van der Waals surface area contributed by atoms with Crippen molar-refractivity contribution in [1.82, 2.24) is 5.16 Å². The average Bonchev–Trinajstić information content (AvgIpc) is 3.05. The third-order valence-electron chi connectivity index (χ3n) is 7.21. The fourth-order valence-corrected chi connectivity index (χ4v) is 5.64. The Kier molecular flexibility index (Phi) is 4.43. The lowest BCUT2D eigenvalue weighted by Gasteiger charge is -2.59. The van der Waals surface area contributed by atoms with E-state index in [9.17, 15) is 4.79 Å². The number of carbonyl (C=O) groups excluding carboxylic acids is 1. The number of fused-ring (bicyclic) bond motifs is 2. The number of rotatable bonds is 3. The molecule has 8 atom stereocenters.